The highest BCUT2D eigenvalue weighted by molar-refractivity contribution is 7.99. The van der Waals surface area contributed by atoms with E-state index in [1.807, 2.05) is 31.2 Å². The smallest absolute Gasteiger partial charge is 0.261 e. The molecule has 8 nitrogen and oxygen atoms in total. The van der Waals surface area contributed by atoms with Crippen LogP contribution in [-0.2, 0) is 19.6 Å². The van der Waals surface area contributed by atoms with E-state index in [0.717, 1.165) is 14.1 Å². The molecular formula is C22H30ClN3O5S2. The lowest BCUT2D eigenvalue weighted by Crippen LogP contribution is -2.50. The fourth-order valence-corrected chi connectivity index (χ4v) is 5.77. The molecule has 0 spiro atoms. The topological polar surface area (TPSA) is 99.2 Å². The molecule has 1 saturated heterocycles. The minimum atomic E-state index is -3.96. The van der Waals surface area contributed by atoms with Crippen molar-refractivity contribution in [3.63, 3.8) is 0 Å². The highest BCUT2D eigenvalue weighted by Gasteiger charge is 2.33. The average Bonchev–Trinajstić information content (AvgIpc) is 2.81. The zero-order valence-corrected chi connectivity index (χ0v) is 21.1. The Kier molecular flexibility index (Phi) is 10.6. The van der Waals surface area contributed by atoms with E-state index >= 15 is 0 Å². The minimum Gasteiger partial charge on any atom is -0.379 e. The largest absolute Gasteiger partial charge is 0.379 e. The first-order valence-corrected chi connectivity index (χ1v) is 12.7. The van der Waals surface area contributed by atoms with Crippen molar-refractivity contribution in [1.82, 2.24) is 14.7 Å². The fraction of sp³-hybridized carbons (Fsp3) is 0.409. The maximum absolute atomic E-state index is 13.4. The second-order valence-electron chi connectivity index (χ2n) is 7.61. The molecule has 0 saturated carbocycles. The normalized spacial score (nSPS) is 15.6. The Morgan fingerprint density at radius 1 is 1.12 bits per heavy atom. The fourth-order valence-electron chi connectivity index (χ4n) is 3.37. The number of carbonyl (C=O) groups is 1. The van der Waals surface area contributed by atoms with E-state index in [1.54, 1.807) is 41.5 Å². The van der Waals surface area contributed by atoms with E-state index in [2.05, 4.69) is 4.90 Å². The van der Waals surface area contributed by atoms with Crippen LogP contribution in [0.5, 0.6) is 0 Å². The number of carbonyl (C=O) groups excluding carboxylic acids is 1. The van der Waals surface area contributed by atoms with Crippen LogP contribution >= 0.6 is 24.2 Å². The Morgan fingerprint density at radius 3 is 2.21 bits per heavy atom. The van der Waals surface area contributed by atoms with Gasteiger partial charge in [0.05, 0.1) is 18.1 Å². The van der Waals surface area contributed by atoms with Gasteiger partial charge in [-0.2, -0.15) is 4.31 Å². The molecular weight excluding hydrogens is 486 g/mol. The maximum Gasteiger partial charge on any atom is 0.261 e. The number of hydrogen-bond donors (Lipinski definition) is 2. The standard InChI is InChI=1S/C22H29N3O5S2.ClH/c1-17-3-5-19(6-4-17)31-20-7-9-21(10-8-20)32(28,29)25(18(2)22(26)23-27)12-11-24-13-15-30-16-14-24;/h3-10,18,27H,11-16H2,1-2H3,(H,23,26);1H/t18-;/m1./s1. The molecule has 0 aromatic heterocycles. The number of nitrogens with one attached hydrogen (secondary N) is 1. The number of ether oxygens (including phenoxy) is 1. The summed E-state index contributed by atoms with van der Waals surface area (Å²) in [5.41, 5.74) is 2.74. The van der Waals surface area contributed by atoms with Gasteiger partial charge in [0.2, 0.25) is 10.0 Å². The van der Waals surface area contributed by atoms with Crippen molar-refractivity contribution < 1.29 is 23.2 Å². The lowest BCUT2D eigenvalue weighted by molar-refractivity contribution is -0.132. The van der Waals surface area contributed by atoms with Crippen molar-refractivity contribution in [3.8, 4) is 0 Å². The summed E-state index contributed by atoms with van der Waals surface area (Å²) in [5.74, 6) is -0.776. The first kappa shape index (κ1) is 27.6. The summed E-state index contributed by atoms with van der Waals surface area (Å²) in [4.78, 5) is 16.2. The van der Waals surface area contributed by atoms with Crippen LogP contribution in [0.25, 0.3) is 0 Å². The van der Waals surface area contributed by atoms with Gasteiger partial charge in [0.15, 0.2) is 0 Å². The van der Waals surface area contributed by atoms with E-state index in [9.17, 15) is 13.2 Å². The molecule has 182 valence electrons. The van der Waals surface area contributed by atoms with Gasteiger partial charge in [0.25, 0.3) is 5.91 Å². The molecule has 1 aliphatic rings. The average molecular weight is 516 g/mol. The minimum absolute atomic E-state index is 0. The van der Waals surface area contributed by atoms with Crippen molar-refractivity contribution in [2.75, 3.05) is 39.4 Å². The van der Waals surface area contributed by atoms with Gasteiger partial charge in [0.1, 0.15) is 6.04 Å². The molecule has 33 heavy (non-hydrogen) atoms. The van der Waals surface area contributed by atoms with E-state index in [0.29, 0.717) is 32.8 Å². The van der Waals surface area contributed by atoms with E-state index < -0.39 is 22.0 Å². The summed E-state index contributed by atoms with van der Waals surface area (Å²) >= 11 is 1.54. The number of halogens is 1. The Hall–Kier alpha value is -1.66. The van der Waals surface area contributed by atoms with Crippen LogP contribution in [-0.4, -0.2) is 74.2 Å². The second kappa shape index (κ2) is 12.7. The number of nitrogens with zero attached hydrogens (tertiary/aromatic N) is 2. The third kappa shape index (κ3) is 7.41. The van der Waals surface area contributed by atoms with E-state index in [-0.39, 0.29) is 23.8 Å². The van der Waals surface area contributed by atoms with Gasteiger partial charge >= 0.3 is 0 Å². The van der Waals surface area contributed by atoms with Gasteiger partial charge in [-0.1, -0.05) is 29.5 Å². The number of hydrogen-bond acceptors (Lipinski definition) is 7. The summed E-state index contributed by atoms with van der Waals surface area (Å²) in [6.07, 6.45) is 0. The number of benzene rings is 2. The van der Waals surface area contributed by atoms with Gasteiger partial charge in [-0.25, -0.2) is 13.9 Å². The third-order valence-corrected chi connectivity index (χ3v) is 8.35. The first-order chi connectivity index (χ1) is 15.3. The molecule has 1 aliphatic heterocycles. The monoisotopic (exact) mass is 515 g/mol. The predicted octanol–water partition coefficient (Wildman–Crippen LogP) is 2.78. The summed E-state index contributed by atoms with van der Waals surface area (Å²) in [6, 6.07) is 13.7. The van der Waals surface area contributed by atoms with E-state index in [4.69, 9.17) is 9.94 Å². The second-order valence-corrected chi connectivity index (χ2v) is 10.6. The maximum atomic E-state index is 13.4. The molecule has 11 heteroatoms. The lowest BCUT2D eigenvalue weighted by Gasteiger charge is -2.31. The molecule has 0 unspecified atom stereocenters. The Balaban J connectivity index is 0.00000385. The Labute approximate surface area is 205 Å². The summed E-state index contributed by atoms with van der Waals surface area (Å²) < 4.78 is 33.2. The Morgan fingerprint density at radius 2 is 1.67 bits per heavy atom. The molecule has 1 fully saturated rings. The van der Waals surface area contributed by atoms with Crippen LogP contribution in [0.1, 0.15) is 12.5 Å². The van der Waals surface area contributed by atoms with Crippen LogP contribution in [0.2, 0.25) is 0 Å². The summed E-state index contributed by atoms with van der Waals surface area (Å²) in [7, 11) is -3.96. The number of sulfonamides is 1. The van der Waals surface area contributed by atoms with Crippen molar-refractivity contribution >= 4 is 40.1 Å². The lowest BCUT2D eigenvalue weighted by atomic mass is 10.2. The SMILES string of the molecule is Cc1ccc(Sc2ccc(S(=O)(=O)N(CCN3CCOCC3)[C@H](C)C(=O)NO)cc2)cc1.Cl. The van der Waals surface area contributed by atoms with Crippen LogP contribution in [0, 0.1) is 6.92 Å². The summed E-state index contributed by atoms with van der Waals surface area (Å²) in [5, 5.41) is 9.05. The quantitative estimate of drug-likeness (QED) is 0.391. The first-order valence-electron chi connectivity index (χ1n) is 10.4. The highest BCUT2D eigenvalue weighted by Crippen LogP contribution is 2.29. The van der Waals surface area contributed by atoms with Gasteiger partial charge in [0, 0.05) is 36.0 Å². The van der Waals surface area contributed by atoms with Gasteiger partial charge in [-0.05, 0) is 50.2 Å². The number of aryl methyl sites for hydroxylation is 1. The van der Waals surface area contributed by atoms with Gasteiger partial charge in [-0.3, -0.25) is 14.9 Å². The van der Waals surface area contributed by atoms with Crippen molar-refractivity contribution in [2.24, 2.45) is 0 Å². The van der Waals surface area contributed by atoms with Gasteiger partial charge in [-0.15, -0.1) is 12.4 Å². The zero-order valence-electron chi connectivity index (χ0n) is 18.6. The molecule has 0 radical (unpaired) electrons. The van der Waals surface area contributed by atoms with E-state index in [1.165, 1.54) is 12.5 Å². The van der Waals surface area contributed by atoms with Crippen molar-refractivity contribution in [2.45, 2.75) is 34.6 Å². The van der Waals surface area contributed by atoms with Crippen molar-refractivity contribution in [1.29, 1.82) is 0 Å². The molecule has 1 amide bonds. The number of hydroxylamine groups is 1. The molecule has 3 rings (SSSR count). The number of morpholine rings is 1. The zero-order chi connectivity index (χ0) is 23.1. The van der Waals surface area contributed by atoms with Crippen molar-refractivity contribution in [3.05, 3.63) is 54.1 Å². The van der Waals surface area contributed by atoms with Crippen LogP contribution in [0.4, 0.5) is 0 Å². The predicted molar refractivity (Wildman–Crippen MR) is 130 cm³/mol. The Bertz CT molecular complexity index is 998. The number of rotatable bonds is 9. The molecule has 2 N–H and O–H groups in total. The molecule has 2 aromatic rings. The highest BCUT2D eigenvalue weighted by atomic mass is 35.5. The van der Waals surface area contributed by atoms with Crippen LogP contribution < -0.4 is 5.48 Å². The summed E-state index contributed by atoms with van der Waals surface area (Å²) in [6.45, 7) is 6.68. The molecule has 1 heterocycles. The molecule has 2 aromatic carbocycles. The van der Waals surface area contributed by atoms with Crippen LogP contribution in [0.15, 0.2) is 63.2 Å². The number of amides is 1. The molecule has 0 aliphatic carbocycles. The molecule has 1 atom stereocenters. The van der Waals surface area contributed by atoms with Gasteiger partial charge < -0.3 is 4.74 Å². The van der Waals surface area contributed by atoms with Crippen LogP contribution in [0.3, 0.4) is 0 Å². The third-order valence-electron chi connectivity index (χ3n) is 5.35. The molecule has 0 bridgehead atoms.